The number of nitrogens with zero attached hydrogens (tertiary/aromatic N) is 11. The number of fused-ring (bicyclic) bond motifs is 8. The van der Waals surface area contributed by atoms with Crippen LogP contribution in [0.4, 0.5) is 0 Å². The number of hydrogen-bond acceptors (Lipinski definition) is 26. The molecule has 0 aliphatic carbocycles. The fraction of sp³-hybridized carbons (Fsp3) is 0.324. The van der Waals surface area contributed by atoms with Crippen LogP contribution in [-0.4, -0.2) is 239 Å². The molecule has 5 aliphatic rings. The highest BCUT2D eigenvalue weighted by atomic mass is 16.6. The van der Waals surface area contributed by atoms with E-state index < -0.39 is 112 Å². The van der Waals surface area contributed by atoms with Crippen LogP contribution in [0.1, 0.15) is 58.5 Å². The Morgan fingerprint density at radius 1 is 0.333 bits per heavy atom. The zero-order valence-electron chi connectivity index (χ0n) is 55.9. The van der Waals surface area contributed by atoms with Gasteiger partial charge in [0.15, 0.2) is 18.7 Å². The molecule has 0 spiro atoms. The van der Waals surface area contributed by atoms with Crippen molar-refractivity contribution < 1.29 is 89.7 Å². The quantitative estimate of drug-likeness (QED) is 0.0464. The second kappa shape index (κ2) is 30.4. The summed E-state index contributed by atoms with van der Waals surface area (Å²) in [6.45, 7) is -1.19. The van der Waals surface area contributed by atoms with Crippen molar-refractivity contribution in [3.63, 3.8) is 0 Å². The summed E-state index contributed by atoms with van der Waals surface area (Å²) in [6.07, 6.45) is -7.31. The van der Waals surface area contributed by atoms with Crippen molar-refractivity contribution in [2.24, 2.45) is 0 Å². The maximum absolute atomic E-state index is 10.7. The summed E-state index contributed by atoms with van der Waals surface area (Å²) in [6, 6.07) is 41.1. The molecule has 31 nitrogen and oxygen atoms in total. The first kappa shape index (κ1) is 70.4. The van der Waals surface area contributed by atoms with Gasteiger partial charge in [-0.3, -0.25) is 0 Å². The van der Waals surface area contributed by atoms with Crippen molar-refractivity contribution in [2.75, 3.05) is 39.6 Å². The molecular weight excluding hydrogens is 1360 g/mol. The standard InChI is InChI=1S/C74H75N13O18/c88-35-56-63(91)66(94)69(97)72(103-56)85-32-42(79-82-85)26-29-100-45-12-6-39(7-13-45)60-50-20-18-48(75-50)59(38-4-2-1-3-5-38)49-19-21-51(76-49)61(40-8-14-46(15-9-40)101-30-27-43-33-86(83-80-43)73-70(98)67(95)64(92)57(36-89)104-73)53-23-25-55(78-53)62(54-24-22-52(60)77-54)41-10-16-47(17-11-41)102-31-28-44-34-87(84-81-44)74-71(99)68(96)65(93)58(37-90)105-74/h1-25,32-34,56-58,63-75,78,88-99H,26-31,35-37H2/t56-,57-,58-,63-,64-,65-,66+,67+,68+,69-,70-,71-,72-,73-,74-/m1/s1. The topological polar surface area (TPSA) is 448 Å². The monoisotopic (exact) mass is 1430 g/mol. The van der Waals surface area contributed by atoms with E-state index in [0.29, 0.717) is 76.4 Å². The van der Waals surface area contributed by atoms with Crippen LogP contribution in [0.15, 0.2) is 146 Å². The van der Waals surface area contributed by atoms with E-state index in [1.807, 2.05) is 152 Å². The van der Waals surface area contributed by atoms with Crippen LogP contribution < -0.4 is 14.2 Å². The van der Waals surface area contributed by atoms with Crippen molar-refractivity contribution in [2.45, 2.75) is 111 Å². The molecule has 0 saturated carbocycles. The lowest BCUT2D eigenvalue weighted by Crippen LogP contribution is -2.56. The minimum absolute atomic E-state index is 0.180. The SMILES string of the molecule is OC[C@H]1O[C@@H](n2cc(CCOc3ccc(-c4c5nc(c(-c6ccc(OCCc7cn([C@@H]8O[C@H](CO)[C@@H](O)[C@H](O)[C@H]8O)nn7)cc6)c6ccc([nH]6)c(-c6ccc(OCCc7cn([C@@H]8O[C@H](CO)[C@@H](O)[C@H](O)[C@H]8O)nn7)cc6)c6nc(c(-c7ccccc7)c7ccc4[nH]7)C=C6)C=C5)cc3)nn2)[C@H](O)[C@@H](O)[C@@H]1O. The Bertz CT molecular complexity index is 4810. The van der Waals surface area contributed by atoms with E-state index in [4.69, 9.17) is 38.4 Å². The van der Waals surface area contributed by atoms with Crippen LogP contribution >= 0.6 is 0 Å². The predicted octanol–water partition coefficient (Wildman–Crippen LogP) is 2.88. The lowest BCUT2D eigenvalue weighted by atomic mass is 9.98. The number of aliphatic hydroxyl groups is 12. The Morgan fingerprint density at radius 3 is 0.886 bits per heavy atom. The molecule has 5 aliphatic heterocycles. The first-order valence-corrected chi connectivity index (χ1v) is 34.1. The smallest absolute Gasteiger partial charge is 0.180 e. The van der Waals surface area contributed by atoms with Gasteiger partial charge in [-0.25, -0.2) is 24.0 Å². The second-order valence-corrected chi connectivity index (χ2v) is 26.0. The van der Waals surface area contributed by atoms with Crippen molar-refractivity contribution in [3.05, 3.63) is 186 Å². The zero-order chi connectivity index (χ0) is 72.6. The van der Waals surface area contributed by atoms with Crippen molar-refractivity contribution in [3.8, 4) is 61.8 Å². The van der Waals surface area contributed by atoms with E-state index in [-0.39, 0.29) is 19.8 Å². The van der Waals surface area contributed by atoms with Gasteiger partial charge in [-0.2, -0.15) is 0 Å². The number of aliphatic hydroxyl groups excluding tert-OH is 12. The van der Waals surface area contributed by atoms with Gasteiger partial charge in [-0.05, 0) is 107 Å². The van der Waals surface area contributed by atoms with Crippen molar-refractivity contribution in [1.29, 1.82) is 0 Å². The maximum Gasteiger partial charge on any atom is 0.180 e. The van der Waals surface area contributed by atoms with Crippen LogP contribution in [-0.2, 0) is 33.5 Å². The largest absolute Gasteiger partial charge is 0.493 e. The first-order valence-electron chi connectivity index (χ1n) is 34.1. The molecule has 11 heterocycles. The lowest BCUT2D eigenvalue weighted by Gasteiger charge is -2.39. The Morgan fingerprint density at radius 2 is 0.610 bits per heavy atom. The third kappa shape index (κ3) is 14.3. The third-order valence-corrected chi connectivity index (χ3v) is 19.2. The average Bonchev–Trinajstić information content (AvgIpc) is 1.63. The highest BCUT2D eigenvalue weighted by molar-refractivity contribution is 6.00. The normalized spacial score (nSPS) is 25.2. The number of nitrogens with one attached hydrogen (secondary N) is 2. The van der Waals surface area contributed by atoms with E-state index >= 15 is 0 Å². The molecule has 6 aromatic heterocycles. The molecule has 15 atom stereocenters. The van der Waals surface area contributed by atoms with Gasteiger partial charge in [0.2, 0.25) is 0 Å². The maximum atomic E-state index is 10.7. The Labute approximate surface area is 597 Å². The van der Waals surface area contributed by atoms with E-state index in [2.05, 4.69) is 40.9 Å². The Kier molecular flexibility index (Phi) is 20.4. The summed E-state index contributed by atoms with van der Waals surface area (Å²) < 4.78 is 39.5. The number of aromatic nitrogens is 13. The summed E-state index contributed by atoms with van der Waals surface area (Å²) in [5.41, 5.74) is 13.7. The highest BCUT2D eigenvalue weighted by Gasteiger charge is 2.47. The Hall–Kier alpha value is -10.3. The van der Waals surface area contributed by atoms with E-state index in [9.17, 15) is 61.3 Å². The van der Waals surface area contributed by atoms with Crippen LogP contribution in [0.5, 0.6) is 17.2 Å². The fourth-order valence-corrected chi connectivity index (χ4v) is 13.6. The summed E-state index contributed by atoms with van der Waals surface area (Å²) in [5, 5.41) is 148. The van der Waals surface area contributed by atoms with Crippen LogP contribution in [0.2, 0.25) is 0 Å². The van der Waals surface area contributed by atoms with E-state index in [0.717, 1.165) is 66.6 Å². The molecule has 544 valence electrons. The molecule has 10 aromatic rings. The fourth-order valence-electron chi connectivity index (χ4n) is 13.6. The molecule has 105 heavy (non-hydrogen) atoms. The second-order valence-electron chi connectivity index (χ2n) is 26.0. The van der Waals surface area contributed by atoms with Crippen molar-refractivity contribution in [1.82, 2.24) is 64.9 Å². The summed E-state index contributed by atoms with van der Waals surface area (Å²) in [4.78, 5) is 18.5. The number of rotatable bonds is 22. The van der Waals surface area contributed by atoms with Crippen molar-refractivity contribution >= 4 is 46.4 Å². The number of benzene rings is 4. The third-order valence-electron chi connectivity index (χ3n) is 19.2. The number of H-pyrrole nitrogens is 2. The van der Waals surface area contributed by atoms with Gasteiger partial charge in [0, 0.05) is 63.6 Å². The summed E-state index contributed by atoms with van der Waals surface area (Å²) >= 11 is 0. The van der Waals surface area contributed by atoms with Gasteiger partial charge >= 0.3 is 0 Å². The molecule has 14 N–H and O–H groups in total. The minimum atomic E-state index is -1.58. The van der Waals surface area contributed by atoms with Crippen LogP contribution in [0.3, 0.4) is 0 Å². The summed E-state index contributed by atoms with van der Waals surface area (Å²) in [7, 11) is 0. The molecule has 4 aromatic carbocycles. The molecule has 8 bridgehead atoms. The van der Waals surface area contributed by atoms with Gasteiger partial charge in [-0.15, -0.1) is 15.3 Å². The highest BCUT2D eigenvalue weighted by Crippen LogP contribution is 2.41. The van der Waals surface area contributed by atoms with E-state index in [1.54, 1.807) is 18.6 Å². The van der Waals surface area contributed by atoms with Crippen LogP contribution in [0, 0.1) is 0 Å². The molecule has 15 rings (SSSR count). The molecule has 3 fully saturated rings. The predicted molar refractivity (Wildman–Crippen MR) is 375 cm³/mol. The minimum Gasteiger partial charge on any atom is -0.493 e. The van der Waals surface area contributed by atoms with Crippen LogP contribution in [0.25, 0.3) is 90.9 Å². The van der Waals surface area contributed by atoms with Gasteiger partial charge in [0.1, 0.15) is 90.5 Å². The van der Waals surface area contributed by atoms with Gasteiger partial charge in [0.05, 0.1) is 98.1 Å². The number of hydrogen-bond donors (Lipinski definition) is 14. The Balaban J connectivity index is 0.762. The van der Waals surface area contributed by atoms with Gasteiger partial charge < -0.3 is 99.7 Å². The molecule has 0 radical (unpaired) electrons. The van der Waals surface area contributed by atoms with E-state index in [1.165, 1.54) is 14.0 Å². The number of aromatic amines is 2. The zero-order valence-corrected chi connectivity index (χ0v) is 55.9. The molecule has 0 amide bonds. The lowest BCUT2D eigenvalue weighted by molar-refractivity contribution is -0.254. The molecule has 0 unspecified atom stereocenters. The molecule has 31 heteroatoms. The number of ether oxygens (including phenoxy) is 6. The average molecular weight is 1430 g/mol. The van der Waals surface area contributed by atoms with Gasteiger partial charge in [-0.1, -0.05) is 82.4 Å². The summed E-state index contributed by atoms with van der Waals surface area (Å²) in [5.74, 6) is 1.68. The molecule has 3 saturated heterocycles. The first-order chi connectivity index (χ1) is 51.1. The van der Waals surface area contributed by atoms with Gasteiger partial charge in [0.25, 0.3) is 0 Å². The molecular formula is C74H75N13O18.